The highest BCUT2D eigenvalue weighted by Gasteiger charge is 2.05. The van der Waals surface area contributed by atoms with Crippen molar-refractivity contribution in [2.24, 2.45) is 0 Å². The van der Waals surface area contributed by atoms with Crippen molar-refractivity contribution in [3.63, 3.8) is 0 Å². The van der Waals surface area contributed by atoms with Gasteiger partial charge in [-0.15, -0.1) is 0 Å². The van der Waals surface area contributed by atoms with Gasteiger partial charge in [0.25, 0.3) is 0 Å². The van der Waals surface area contributed by atoms with Crippen LogP contribution in [0, 0.1) is 0 Å². The van der Waals surface area contributed by atoms with E-state index in [1.54, 1.807) is 0 Å². The molecule has 96 valence electrons. The van der Waals surface area contributed by atoms with Gasteiger partial charge < -0.3 is 10.3 Å². The van der Waals surface area contributed by atoms with E-state index in [9.17, 15) is 0 Å². The second-order valence-electron chi connectivity index (χ2n) is 4.90. The van der Waals surface area contributed by atoms with Gasteiger partial charge in [-0.3, -0.25) is 0 Å². The lowest BCUT2D eigenvalue weighted by Gasteiger charge is -2.09. The molecule has 0 radical (unpaired) electrons. The molecule has 0 unspecified atom stereocenters. The van der Waals surface area contributed by atoms with Gasteiger partial charge in [-0.1, -0.05) is 37.3 Å². The molecular weight excluding hydrogens is 232 g/mol. The highest BCUT2D eigenvalue weighted by atomic mass is 15.0. The van der Waals surface area contributed by atoms with E-state index in [0.717, 1.165) is 18.7 Å². The highest BCUT2D eigenvalue weighted by molar-refractivity contribution is 5.83. The molecule has 0 bridgehead atoms. The lowest BCUT2D eigenvalue weighted by Crippen LogP contribution is -2.00. The molecule has 3 rings (SSSR count). The summed E-state index contributed by atoms with van der Waals surface area (Å²) in [5, 5.41) is 1.31. The van der Waals surface area contributed by atoms with E-state index in [1.807, 2.05) is 18.2 Å². The van der Waals surface area contributed by atoms with Gasteiger partial charge in [-0.2, -0.15) is 0 Å². The quantitative estimate of drug-likeness (QED) is 0.704. The smallest absolute Gasteiger partial charge is 0.0515 e. The molecule has 0 amide bonds. The Morgan fingerprint density at radius 3 is 2.68 bits per heavy atom. The highest BCUT2D eigenvalue weighted by Crippen LogP contribution is 2.22. The first kappa shape index (κ1) is 11.8. The predicted octanol–water partition coefficient (Wildman–Crippen LogP) is 3.83. The molecule has 2 heteroatoms. The zero-order chi connectivity index (χ0) is 13.2. The lowest BCUT2D eigenvalue weighted by atomic mass is 10.1. The Labute approximate surface area is 113 Å². The fraction of sp³-hybridized carbons (Fsp3) is 0.176. The summed E-state index contributed by atoms with van der Waals surface area (Å²) in [6.07, 6.45) is 3.21. The molecular formula is C17H18N2. The summed E-state index contributed by atoms with van der Waals surface area (Å²) in [5.74, 6) is 0. The molecule has 2 nitrogen and oxygen atoms in total. The predicted molar refractivity (Wildman–Crippen MR) is 81.3 cm³/mol. The third-order valence-corrected chi connectivity index (χ3v) is 3.56. The minimum atomic E-state index is 0.824. The monoisotopic (exact) mass is 250 g/mol. The maximum absolute atomic E-state index is 5.85. The molecule has 0 aliphatic rings. The average Bonchev–Trinajstić information content (AvgIpc) is 2.82. The molecule has 0 fully saturated rings. The van der Waals surface area contributed by atoms with Crippen LogP contribution in [0.1, 0.15) is 18.1 Å². The van der Waals surface area contributed by atoms with E-state index in [4.69, 9.17) is 5.73 Å². The third kappa shape index (κ3) is 2.22. The molecule has 2 N–H and O–H groups in total. The summed E-state index contributed by atoms with van der Waals surface area (Å²) in [4.78, 5) is 0. The SMILES string of the molecule is CCc1cccc2ccn(Cc3cccc(N)c3)c12. The van der Waals surface area contributed by atoms with Crippen molar-refractivity contribution in [1.82, 2.24) is 4.57 Å². The molecule has 0 saturated heterocycles. The maximum atomic E-state index is 5.85. The summed E-state index contributed by atoms with van der Waals surface area (Å²) >= 11 is 0. The van der Waals surface area contributed by atoms with Crippen molar-refractivity contribution in [3.8, 4) is 0 Å². The number of hydrogen-bond acceptors (Lipinski definition) is 1. The van der Waals surface area contributed by atoms with Gasteiger partial charge in [0.2, 0.25) is 0 Å². The standard InChI is InChI=1S/C17H18N2/c1-2-14-6-4-7-15-9-10-19(17(14)15)12-13-5-3-8-16(18)11-13/h3-11H,2,12,18H2,1H3. The normalized spacial score (nSPS) is 11.0. The van der Waals surface area contributed by atoms with Crippen molar-refractivity contribution in [2.45, 2.75) is 19.9 Å². The molecule has 0 atom stereocenters. The van der Waals surface area contributed by atoms with Crippen LogP contribution in [0.5, 0.6) is 0 Å². The number of nitrogens with two attached hydrogens (primary N) is 1. The number of nitrogens with zero attached hydrogens (tertiary/aromatic N) is 1. The zero-order valence-electron chi connectivity index (χ0n) is 11.1. The van der Waals surface area contributed by atoms with Gasteiger partial charge in [0.15, 0.2) is 0 Å². The molecule has 19 heavy (non-hydrogen) atoms. The fourth-order valence-electron chi connectivity index (χ4n) is 2.65. The Bertz CT molecular complexity index is 710. The van der Waals surface area contributed by atoms with Crippen LogP contribution in [-0.4, -0.2) is 4.57 Å². The largest absolute Gasteiger partial charge is 0.399 e. The number of aryl methyl sites for hydroxylation is 1. The fourth-order valence-corrected chi connectivity index (χ4v) is 2.65. The molecule has 1 heterocycles. The third-order valence-electron chi connectivity index (χ3n) is 3.56. The van der Waals surface area contributed by atoms with E-state index in [2.05, 4.69) is 48.0 Å². The summed E-state index contributed by atoms with van der Waals surface area (Å²) in [6.45, 7) is 3.07. The van der Waals surface area contributed by atoms with Crippen molar-refractivity contribution in [1.29, 1.82) is 0 Å². The number of para-hydroxylation sites is 1. The Morgan fingerprint density at radius 1 is 1.05 bits per heavy atom. The van der Waals surface area contributed by atoms with Crippen LogP contribution in [0.3, 0.4) is 0 Å². The van der Waals surface area contributed by atoms with Gasteiger partial charge in [-0.25, -0.2) is 0 Å². The van der Waals surface area contributed by atoms with Crippen LogP contribution in [0.25, 0.3) is 10.9 Å². The number of fused-ring (bicyclic) bond motifs is 1. The summed E-state index contributed by atoms with van der Waals surface area (Å²) in [7, 11) is 0. The van der Waals surface area contributed by atoms with E-state index in [-0.39, 0.29) is 0 Å². The molecule has 0 aliphatic heterocycles. The average molecular weight is 250 g/mol. The Balaban J connectivity index is 2.06. The molecule has 0 aliphatic carbocycles. The van der Waals surface area contributed by atoms with E-state index < -0.39 is 0 Å². The van der Waals surface area contributed by atoms with E-state index in [0.29, 0.717) is 0 Å². The van der Waals surface area contributed by atoms with Gasteiger partial charge in [-0.05, 0) is 41.1 Å². The van der Waals surface area contributed by atoms with Crippen LogP contribution in [-0.2, 0) is 13.0 Å². The second kappa shape index (κ2) is 4.81. The summed E-state index contributed by atoms with van der Waals surface area (Å²) in [6, 6.07) is 16.8. The molecule has 0 spiro atoms. The number of aromatic nitrogens is 1. The Hall–Kier alpha value is -2.22. The second-order valence-corrected chi connectivity index (χ2v) is 4.90. The van der Waals surface area contributed by atoms with E-state index in [1.165, 1.54) is 22.0 Å². The van der Waals surface area contributed by atoms with Crippen molar-refractivity contribution >= 4 is 16.6 Å². The molecule has 0 saturated carbocycles. The number of benzene rings is 2. The zero-order valence-corrected chi connectivity index (χ0v) is 11.1. The van der Waals surface area contributed by atoms with Crippen molar-refractivity contribution < 1.29 is 0 Å². The Kier molecular flexibility index (Phi) is 3.00. The first-order valence-electron chi connectivity index (χ1n) is 6.69. The maximum Gasteiger partial charge on any atom is 0.0515 e. The van der Waals surface area contributed by atoms with Gasteiger partial charge in [0.1, 0.15) is 0 Å². The summed E-state index contributed by atoms with van der Waals surface area (Å²) < 4.78 is 2.31. The van der Waals surface area contributed by atoms with Crippen LogP contribution >= 0.6 is 0 Å². The van der Waals surface area contributed by atoms with Crippen molar-refractivity contribution in [3.05, 3.63) is 65.9 Å². The van der Waals surface area contributed by atoms with E-state index >= 15 is 0 Å². The Morgan fingerprint density at radius 2 is 1.89 bits per heavy atom. The molecule has 1 aromatic heterocycles. The number of hydrogen-bond donors (Lipinski definition) is 1. The first-order valence-corrected chi connectivity index (χ1v) is 6.69. The van der Waals surface area contributed by atoms with Crippen LogP contribution < -0.4 is 5.73 Å². The van der Waals surface area contributed by atoms with Crippen LogP contribution in [0.4, 0.5) is 5.69 Å². The van der Waals surface area contributed by atoms with Crippen LogP contribution in [0.15, 0.2) is 54.7 Å². The van der Waals surface area contributed by atoms with Gasteiger partial charge in [0.05, 0.1) is 5.52 Å². The van der Waals surface area contributed by atoms with Gasteiger partial charge >= 0.3 is 0 Å². The van der Waals surface area contributed by atoms with Crippen LogP contribution in [0.2, 0.25) is 0 Å². The number of nitrogen functional groups attached to an aromatic ring is 1. The molecule has 3 aromatic rings. The minimum Gasteiger partial charge on any atom is -0.399 e. The topological polar surface area (TPSA) is 30.9 Å². The number of anilines is 1. The summed E-state index contributed by atoms with van der Waals surface area (Å²) in [5.41, 5.74) is 10.6. The number of rotatable bonds is 3. The first-order chi connectivity index (χ1) is 9.28. The van der Waals surface area contributed by atoms with Crippen molar-refractivity contribution in [2.75, 3.05) is 5.73 Å². The minimum absolute atomic E-state index is 0.824. The van der Waals surface area contributed by atoms with Gasteiger partial charge in [0, 0.05) is 18.4 Å². The lowest BCUT2D eigenvalue weighted by molar-refractivity contribution is 0.832. The molecule has 2 aromatic carbocycles.